The number of hydrogen-bond donors (Lipinski definition) is 2. The van der Waals surface area contributed by atoms with E-state index >= 15 is 0 Å². The number of allylic oxidation sites excluding steroid dienone is 1. The average molecular weight is 381 g/mol. The van der Waals surface area contributed by atoms with Gasteiger partial charge < -0.3 is 15.2 Å². The number of rotatable bonds is 7. The van der Waals surface area contributed by atoms with E-state index in [1.165, 1.54) is 31.2 Å². The SMILES string of the molecule is Cc1nnc(CN=C(NCCC2=CCCCC2)NC(C)c2ccccc2)n1C. The van der Waals surface area contributed by atoms with Crippen LogP contribution in [-0.2, 0) is 13.6 Å². The highest BCUT2D eigenvalue weighted by molar-refractivity contribution is 5.80. The molecule has 6 nitrogen and oxygen atoms in total. The Hall–Kier alpha value is -2.63. The summed E-state index contributed by atoms with van der Waals surface area (Å²) in [6.45, 7) is 5.49. The molecule has 3 rings (SSSR count). The highest BCUT2D eigenvalue weighted by Gasteiger charge is 2.10. The molecule has 1 unspecified atom stereocenters. The van der Waals surface area contributed by atoms with Crippen LogP contribution in [0.2, 0.25) is 0 Å². The van der Waals surface area contributed by atoms with Gasteiger partial charge in [0.1, 0.15) is 12.4 Å². The van der Waals surface area contributed by atoms with E-state index in [4.69, 9.17) is 4.99 Å². The Bertz CT molecular complexity index is 806. The molecule has 1 aliphatic carbocycles. The zero-order valence-electron chi connectivity index (χ0n) is 17.3. The topological polar surface area (TPSA) is 67.1 Å². The predicted octanol–water partition coefficient (Wildman–Crippen LogP) is 3.81. The van der Waals surface area contributed by atoms with Gasteiger partial charge in [-0.3, -0.25) is 0 Å². The van der Waals surface area contributed by atoms with Gasteiger partial charge in [0.05, 0.1) is 6.04 Å². The van der Waals surface area contributed by atoms with Crippen LogP contribution in [0.3, 0.4) is 0 Å². The van der Waals surface area contributed by atoms with Crippen LogP contribution in [-0.4, -0.2) is 27.3 Å². The third-order valence-electron chi connectivity index (χ3n) is 5.34. The molecular formula is C22H32N6. The molecule has 6 heteroatoms. The molecule has 0 amide bonds. The van der Waals surface area contributed by atoms with E-state index in [-0.39, 0.29) is 6.04 Å². The van der Waals surface area contributed by atoms with Crippen LogP contribution in [0.1, 0.15) is 62.3 Å². The zero-order valence-corrected chi connectivity index (χ0v) is 17.3. The minimum Gasteiger partial charge on any atom is -0.356 e. The Morgan fingerprint density at radius 1 is 1.21 bits per heavy atom. The lowest BCUT2D eigenvalue weighted by Crippen LogP contribution is -2.39. The van der Waals surface area contributed by atoms with Crippen LogP contribution >= 0.6 is 0 Å². The second-order valence-corrected chi connectivity index (χ2v) is 7.45. The van der Waals surface area contributed by atoms with Crippen LogP contribution in [0.5, 0.6) is 0 Å². The fraction of sp³-hybridized carbons (Fsp3) is 0.500. The summed E-state index contributed by atoms with van der Waals surface area (Å²) in [6, 6.07) is 10.6. The van der Waals surface area contributed by atoms with Crippen molar-refractivity contribution in [3.8, 4) is 0 Å². The molecule has 0 bridgehead atoms. The number of nitrogens with one attached hydrogen (secondary N) is 2. The van der Waals surface area contributed by atoms with Crippen LogP contribution in [0.4, 0.5) is 0 Å². The summed E-state index contributed by atoms with van der Waals surface area (Å²) in [5.41, 5.74) is 2.81. The van der Waals surface area contributed by atoms with Crippen molar-refractivity contribution in [2.45, 2.75) is 58.5 Å². The number of guanidine groups is 1. The molecule has 0 spiro atoms. The van der Waals surface area contributed by atoms with Gasteiger partial charge in [0, 0.05) is 13.6 Å². The maximum Gasteiger partial charge on any atom is 0.192 e. The molecule has 0 saturated carbocycles. The third-order valence-corrected chi connectivity index (χ3v) is 5.34. The number of aryl methyl sites for hydroxylation is 1. The summed E-state index contributed by atoms with van der Waals surface area (Å²) < 4.78 is 1.98. The lowest BCUT2D eigenvalue weighted by atomic mass is 9.97. The summed E-state index contributed by atoms with van der Waals surface area (Å²) in [5.74, 6) is 2.57. The Balaban J connectivity index is 1.64. The maximum atomic E-state index is 4.77. The fourth-order valence-corrected chi connectivity index (χ4v) is 3.39. The van der Waals surface area contributed by atoms with E-state index < -0.39 is 0 Å². The molecule has 0 aliphatic heterocycles. The fourth-order valence-electron chi connectivity index (χ4n) is 3.39. The van der Waals surface area contributed by atoms with Crippen molar-refractivity contribution in [1.82, 2.24) is 25.4 Å². The molecule has 1 aliphatic rings. The van der Waals surface area contributed by atoms with Crippen LogP contribution < -0.4 is 10.6 Å². The Morgan fingerprint density at radius 2 is 2.04 bits per heavy atom. The molecular weight excluding hydrogens is 348 g/mol. The van der Waals surface area contributed by atoms with E-state index in [0.717, 1.165) is 30.6 Å². The summed E-state index contributed by atoms with van der Waals surface area (Å²) in [7, 11) is 1.98. The standard InChI is InChI=1S/C22H32N6/c1-17(20-12-8-5-9-13-20)25-22(23-15-14-19-10-6-4-7-11-19)24-16-21-27-26-18(2)28(21)3/h5,8-10,12-13,17H,4,6-7,11,14-16H2,1-3H3,(H2,23,24,25). The molecule has 0 radical (unpaired) electrons. The van der Waals surface area contributed by atoms with Crippen molar-refractivity contribution in [2.24, 2.45) is 12.0 Å². The summed E-state index contributed by atoms with van der Waals surface area (Å²) in [4.78, 5) is 4.77. The van der Waals surface area contributed by atoms with Crippen LogP contribution in [0.15, 0.2) is 47.0 Å². The first-order valence-electron chi connectivity index (χ1n) is 10.3. The van der Waals surface area contributed by atoms with Gasteiger partial charge in [0.25, 0.3) is 0 Å². The lowest BCUT2D eigenvalue weighted by molar-refractivity contribution is 0.651. The summed E-state index contributed by atoms with van der Waals surface area (Å²) in [6.07, 6.45) is 8.59. The van der Waals surface area contributed by atoms with E-state index in [0.29, 0.717) is 6.54 Å². The minimum absolute atomic E-state index is 0.169. The van der Waals surface area contributed by atoms with Gasteiger partial charge in [0.2, 0.25) is 0 Å². The molecule has 1 aromatic carbocycles. The summed E-state index contributed by atoms with van der Waals surface area (Å²) in [5, 5.41) is 15.4. The van der Waals surface area contributed by atoms with Crippen molar-refractivity contribution in [1.29, 1.82) is 0 Å². The number of aromatic nitrogens is 3. The van der Waals surface area contributed by atoms with E-state index in [9.17, 15) is 0 Å². The van der Waals surface area contributed by atoms with Gasteiger partial charge in [-0.15, -0.1) is 10.2 Å². The van der Waals surface area contributed by atoms with Crippen LogP contribution in [0.25, 0.3) is 0 Å². The second-order valence-electron chi connectivity index (χ2n) is 7.45. The number of hydrogen-bond acceptors (Lipinski definition) is 3. The van der Waals surface area contributed by atoms with Crippen molar-refractivity contribution in [3.63, 3.8) is 0 Å². The summed E-state index contributed by atoms with van der Waals surface area (Å²) >= 11 is 0. The van der Waals surface area contributed by atoms with Gasteiger partial charge in [0.15, 0.2) is 11.8 Å². The highest BCUT2D eigenvalue weighted by atomic mass is 15.3. The minimum atomic E-state index is 0.169. The van der Waals surface area contributed by atoms with Crippen LogP contribution in [0, 0.1) is 6.92 Å². The van der Waals surface area contributed by atoms with Gasteiger partial charge in [-0.1, -0.05) is 42.0 Å². The van der Waals surface area contributed by atoms with E-state index in [1.54, 1.807) is 5.57 Å². The first-order chi connectivity index (χ1) is 13.6. The Morgan fingerprint density at radius 3 is 2.71 bits per heavy atom. The van der Waals surface area contributed by atoms with Gasteiger partial charge in [-0.05, 0) is 51.5 Å². The first-order valence-corrected chi connectivity index (χ1v) is 10.3. The van der Waals surface area contributed by atoms with Gasteiger partial charge in [-0.2, -0.15) is 0 Å². The molecule has 2 N–H and O–H groups in total. The molecule has 150 valence electrons. The monoisotopic (exact) mass is 380 g/mol. The van der Waals surface area contributed by atoms with Crippen molar-refractivity contribution >= 4 is 5.96 Å². The molecule has 28 heavy (non-hydrogen) atoms. The van der Waals surface area contributed by atoms with Gasteiger partial charge in [-0.25, -0.2) is 4.99 Å². The smallest absolute Gasteiger partial charge is 0.192 e. The highest BCUT2D eigenvalue weighted by Crippen LogP contribution is 2.19. The second kappa shape index (κ2) is 10.1. The van der Waals surface area contributed by atoms with Crippen molar-refractivity contribution in [2.75, 3.05) is 6.54 Å². The molecule has 0 fully saturated rings. The predicted molar refractivity (Wildman–Crippen MR) is 114 cm³/mol. The molecule has 2 aromatic rings. The zero-order chi connectivity index (χ0) is 19.8. The number of aliphatic imine (C=N–C) groups is 1. The van der Waals surface area contributed by atoms with E-state index in [1.807, 2.05) is 24.6 Å². The van der Waals surface area contributed by atoms with Crippen molar-refractivity contribution < 1.29 is 0 Å². The van der Waals surface area contributed by atoms with Gasteiger partial charge >= 0.3 is 0 Å². The maximum absolute atomic E-state index is 4.77. The first kappa shape index (κ1) is 20.1. The normalized spacial score (nSPS) is 15.8. The third kappa shape index (κ3) is 5.68. The lowest BCUT2D eigenvalue weighted by Gasteiger charge is -2.19. The Kier molecular flexibility index (Phi) is 7.23. The molecule has 1 atom stereocenters. The average Bonchev–Trinajstić information content (AvgIpc) is 3.05. The van der Waals surface area contributed by atoms with E-state index in [2.05, 4.69) is 58.1 Å². The molecule has 1 aromatic heterocycles. The quantitative estimate of drug-likeness (QED) is 0.435. The molecule has 1 heterocycles. The van der Waals surface area contributed by atoms with Crippen molar-refractivity contribution in [3.05, 3.63) is 59.2 Å². The Labute approximate surface area is 168 Å². The largest absolute Gasteiger partial charge is 0.356 e. The molecule has 0 saturated heterocycles. The number of benzene rings is 1. The number of nitrogens with zero attached hydrogens (tertiary/aromatic N) is 4.